The first-order valence-electron chi connectivity index (χ1n) is 11.0. The second kappa shape index (κ2) is 9.27. The van der Waals surface area contributed by atoms with Gasteiger partial charge in [0.05, 0.1) is 40.3 Å². The zero-order valence-electron chi connectivity index (χ0n) is 19.0. The van der Waals surface area contributed by atoms with Crippen molar-refractivity contribution in [3.63, 3.8) is 0 Å². The third-order valence-corrected chi connectivity index (χ3v) is 6.70. The Labute approximate surface area is 203 Å². The van der Waals surface area contributed by atoms with Crippen molar-refractivity contribution in [2.24, 2.45) is 4.99 Å². The maximum absolute atomic E-state index is 13.7. The van der Waals surface area contributed by atoms with Gasteiger partial charge in [0.2, 0.25) is 0 Å². The van der Waals surface area contributed by atoms with Crippen LogP contribution in [0.1, 0.15) is 31.0 Å². The Balaban J connectivity index is 1.70. The molecule has 4 aromatic rings. The van der Waals surface area contributed by atoms with Crippen LogP contribution >= 0.6 is 11.3 Å². The third kappa shape index (κ3) is 4.15. The van der Waals surface area contributed by atoms with E-state index < -0.39 is 17.8 Å². The maximum atomic E-state index is 13.7. The smallest absolute Gasteiger partial charge is 0.338 e. The normalized spacial score (nSPS) is 15.6. The van der Waals surface area contributed by atoms with Gasteiger partial charge in [-0.1, -0.05) is 53.8 Å². The van der Waals surface area contributed by atoms with E-state index in [-0.39, 0.29) is 17.7 Å². The van der Waals surface area contributed by atoms with E-state index in [4.69, 9.17) is 4.74 Å². The number of allylic oxidation sites excluding steroid dienone is 1. The first-order chi connectivity index (χ1) is 17.0. The second-order valence-electron chi connectivity index (χ2n) is 7.92. The molecule has 1 aliphatic rings. The van der Waals surface area contributed by atoms with E-state index in [2.05, 4.69) is 15.2 Å². The lowest BCUT2D eigenvalue weighted by Crippen LogP contribution is -2.39. The van der Waals surface area contributed by atoms with Crippen molar-refractivity contribution >= 4 is 23.4 Å². The Bertz CT molecular complexity index is 1620. The van der Waals surface area contributed by atoms with E-state index in [0.717, 1.165) is 16.8 Å². The predicted octanol–water partition coefficient (Wildman–Crippen LogP) is 3.33. The van der Waals surface area contributed by atoms with Crippen LogP contribution in [0.5, 0.6) is 0 Å². The number of esters is 1. The number of nitrogens with zero attached hydrogens (tertiary/aromatic N) is 3. The average molecular weight is 489 g/mol. The lowest BCUT2D eigenvalue weighted by atomic mass is 9.96. The molecule has 0 amide bonds. The van der Waals surface area contributed by atoms with Gasteiger partial charge < -0.3 is 4.74 Å². The molecule has 0 radical (unpaired) electrons. The lowest BCUT2D eigenvalue weighted by molar-refractivity contribution is -0.139. The molecule has 2 aromatic carbocycles. The minimum atomic E-state index is -0.786. The molecule has 35 heavy (non-hydrogen) atoms. The zero-order chi connectivity index (χ0) is 24.5. The number of halogens is 1. The summed E-state index contributed by atoms with van der Waals surface area (Å²) in [4.78, 5) is 31.6. The number of aromatic nitrogens is 3. The number of thiazole rings is 1. The number of ether oxygens (including phenoxy) is 1. The molecule has 0 spiro atoms. The maximum Gasteiger partial charge on any atom is 0.338 e. The molecule has 0 aliphatic carbocycles. The molecule has 0 bridgehead atoms. The fourth-order valence-corrected chi connectivity index (χ4v) is 5.17. The van der Waals surface area contributed by atoms with Crippen molar-refractivity contribution in [2.75, 3.05) is 6.61 Å². The number of benzene rings is 2. The van der Waals surface area contributed by atoms with Crippen LogP contribution in [0, 0.1) is 5.82 Å². The standard InChI is InChI=1S/C26H21FN4O3S/c1-3-34-25(33)21-15(2)29-26-31(23(21)17-9-11-19(27)12-10-17)24(32)20(35-26)13-18-14-28-30-22(18)16-7-5-4-6-8-16/h4-14,23H,3H2,1-2H3,(H,28,30). The summed E-state index contributed by atoms with van der Waals surface area (Å²) in [5.41, 5.74) is 3.47. The van der Waals surface area contributed by atoms with Crippen LogP contribution in [0.4, 0.5) is 4.39 Å². The van der Waals surface area contributed by atoms with Crippen molar-refractivity contribution in [1.82, 2.24) is 14.8 Å². The first-order valence-corrected chi connectivity index (χ1v) is 11.8. The van der Waals surface area contributed by atoms with Crippen LogP contribution in [0.25, 0.3) is 17.3 Å². The number of aromatic amines is 1. The van der Waals surface area contributed by atoms with Gasteiger partial charge in [-0.2, -0.15) is 5.10 Å². The molecule has 176 valence electrons. The summed E-state index contributed by atoms with van der Waals surface area (Å²) in [6, 6.07) is 14.7. The highest BCUT2D eigenvalue weighted by Gasteiger charge is 2.33. The highest BCUT2D eigenvalue weighted by atomic mass is 32.1. The number of rotatable bonds is 5. The molecule has 7 nitrogen and oxygen atoms in total. The third-order valence-electron chi connectivity index (χ3n) is 5.72. The van der Waals surface area contributed by atoms with E-state index in [0.29, 0.717) is 20.6 Å². The largest absolute Gasteiger partial charge is 0.463 e. The molecule has 1 N–H and O–H groups in total. The summed E-state index contributed by atoms with van der Waals surface area (Å²) in [5.74, 6) is -0.966. The fourth-order valence-electron chi connectivity index (χ4n) is 4.13. The molecule has 5 rings (SSSR count). The van der Waals surface area contributed by atoms with Crippen molar-refractivity contribution < 1.29 is 13.9 Å². The molecule has 9 heteroatoms. The van der Waals surface area contributed by atoms with Crippen molar-refractivity contribution in [2.45, 2.75) is 19.9 Å². The first kappa shape index (κ1) is 22.7. The van der Waals surface area contributed by atoms with Crippen LogP contribution in [-0.4, -0.2) is 27.3 Å². The summed E-state index contributed by atoms with van der Waals surface area (Å²) < 4.78 is 20.9. The van der Waals surface area contributed by atoms with E-state index in [1.165, 1.54) is 28.0 Å². The van der Waals surface area contributed by atoms with Crippen LogP contribution in [-0.2, 0) is 9.53 Å². The van der Waals surface area contributed by atoms with Gasteiger partial charge >= 0.3 is 5.97 Å². The van der Waals surface area contributed by atoms with Crippen LogP contribution in [0.2, 0.25) is 0 Å². The van der Waals surface area contributed by atoms with Crippen LogP contribution < -0.4 is 14.9 Å². The summed E-state index contributed by atoms with van der Waals surface area (Å²) in [6.07, 6.45) is 3.42. The van der Waals surface area contributed by atoms with Gasteiger partial charge in [-0.3, -0.25) is 14.5 Å². The number of carbonyl (C=O) groups excluding carboxylic acids is 1. The predicted molar refractivity (Wildman–Crippen MR) is 131 cm³/mol. The summed E-state index contributed by atoms with van der Waals surface area (Å²) in [5, 5.41) is 7.15. The molecule has 1 atom stereocenters. The zero-order valence-corrected chi connectivity index (χ0v) is 19.8. The number of carbonyl (C=O) groups is 1. The summed E-state index contributed by atoms with van der Waals surface area (Å²) in [7, 11) is 0. The second-order valence-corrected chi connectivity index (χ2v) is 8.93. The lowest BCUT2D eigenvalue weighted by Gasteiger charge is -2.24. The van der Waals surface area contributed by atoms with E-state index >= 15 is 0 Å². The number of fused-ring (bicyclic) bond motifs is 1. The van der Waals surface area contributed by atoms with Gasteiger partial charge in [0, 0.05) is 11.1 Å². The Morgan fingerprint density at radius 1 is 1.20 bits per heavy atom. The monoisotopic (exact) mass is 488 g/mol. The minimum Gasteiger partial charge on any atom is -0.463 e. The number of H-pyrrole nitrogens is 1. The minimum absolute atomic E-state index is 0.179. The highest BCUT2D eigenvalue weighted by molar-refractivity contribution is 7.07. The molecular weight excluding hydrogens is 467 g/mol. The van der Waals surface area contributed by atoms with E-state index in [1.807, 2.05) is 30.3 Å². The molecule has 0 saturated carbocycles. The topological polar surface area (TPSA) is 89.3 Å². The van der Waals surface area contributed by atoms with Crippen LogP contribution in [0.15, 0.2) is 81.9 Å². The molecule has 2 aromatic heterocycles. The summed E-state index contributed by atoms with van der Waals surface area (Å²) in [6.45, 7) is 3.60. The molecule has 1 unspecified atom stereocenters. The molecule has 0 saturated heterocycles. The van der Waals surface area contributed by atoms with Gasteiger partial charge in [-0.15, -0.1) is 0 Å². The van der Waals surface area contributed by atoms with Crippen LogP contribution in [0.3, 0.4) is 0 Å². The van der Waals surface area contributed by atoms with E-state index in [1.54, 1.807) is 38.3 Å². The van der Waals surface area contributed by atoms with Crippen molar-refractivity contribution in [1.29, 1.82) is 0 Å². The fraction of sp³-hybridized carbons (Fsp3) is 0.154. The van der Waals surface area contributed by atoms with Gasteiger partial charge in [0.25, 0.3) is 5.56 Å². The summed E-state index contributed by atoms with van der Waals surface area (Å²) >= 11 is 1.22. The molecule has 3 heterocycles. The SMILES string of the molecule is CCOC(=O)C1=C(C)N=c2sc(=Cc3cn[nH]c3-c3ccccc3)c(=O)n2C1c1ccc(F)cc1. The Morgan fingerprint density at radius 2 is 1.94 bits per heavy atom. The number of hydrogen-bond donors (Lipinski definition) is 1. The van der Waals surface area contributed by atoms with Gasteiger partial charge in [0.15, 0.2) is 4.80 Å². The number of nitrogens with one attached hydrogen (secondary N) is 1. The van der Waals surface area contributed by atoms with Gasteiger partial charge in [-0.05, 0) is 37.6 Å². The molecule has 1 aliphatic heterocycles. The Morgan fingerprint density at radius 3 is 2.66 bits per heavy atom. The molecule has 0 fully saturated rings. The van der Waals surface area contributed by atoms with E-state index in [9.17, 15) is 14.0 Å². The van der Waals surface area contributed by atoms with Crippen molar-refractivity contribution in [3.05, 3.63) is 109 Å². The Hall–Kier alpha value is -4.11. The Kier molecular flexibility index (Phi) is 6.00. The number of hydrogen-bond acceptors (Lipinski definition) is 6. The quantitative estimate of drug-likeness (QED) is 0.437. The average Bonchev–Trinajstić information content (AvgIpc) is 3.44. The highest BCUT2D eigenvalue weighted by Crippen LogP contribution is 2.30. The van der Waals surface area contributed by atoms with Crippen molar-refractivity contribution in [3.8, 4) is 11.3 Å². The molecular formula is C26H21FN4O3S. The van der Waals surface area contributed by atoms with Gasteiger partial charge in [-0.25, -0.2) is 14.2 Å². The van der Waals surface area contributed by atoms with Gasteiger partial charge in [0.1, 0.15) is 5.82 Å².